The summed E-state index contributed by atoms with van der Waals surface area (Å²) in [6.45, 7) is 5.31. The Kier molecular flexibility index (Phi) is 4.24. The average molecular weight is 290 g/mol. The van der Waals surface area contributed by atoms with Crippen molar-refractivity contribution < 1.29 is 14.3 Å². The second-order valence-electron chi connectivity index (χ2n) is 5.84. The molecule has 1 aromatic rings. The molecule has 0 radical (unpaired) electrons. The molecule has 1 N–H and O–H groups in total. The van der Waals surface area contributed by atoms with Gasteiger partial charge in [0.05, 0.1) is 26.3 Å². The van der Waals surface area contributed by atoms with Gasteiger partial charge in [0.25, 0.3) is 0 Å². The first-order valence-corrected chi connectivity index (χ1v) is 7.52. The summed E-state index contributed by atoms with van der Waals surface area (Å²) in [4.78, 5) is 14.2. The largest absolute Gasteiger partial charge is 0.346 e. The first-order valence-electron chi connectivity index (χ1n) is 7.52. The number of rotatable bonds is 3. The highest BCUT2D eigenvalue weighted by atomic mass is 16.7. The summed E-state index contributed by atoms with van der Waals surface area (Å²) in [5.74, 6) is -0.462. The molecule has 2 fully saturated rings. The van der Waals surface area contributed by atoms with Crippen LogP contribution in [0.3, 0.4) is 0 Å². The molecule has 114 valence electrons. The predicted octanol–water partition coefficient (Wildman–Crippen LogP) is 1.77. The van der Waals surface area contributed by atoms with E-state index in [-0.39, 0.29) is 5.91 Å². The van der Waals surface area contributed by atoms with E-state index < -0.39 is 5.79 Å². The fraction of sp³-hybridized carbons (Fsp3) is 0.562. The minimum Gasteiger partial charge on any atom is -0.346 e. The van der Waals surface area contributed by atoms with Gasteiger partial charge in [-0.05, 0) is 32.0 Å². The van der Waals surface area contributed by atoms with Crippen molar-refractivity contribution in [2.75, 3.05) is 38.2 Å². The maximum Gasteiger partial charge on any atom is 0.238 e. The number of piperidine rings is 1. The van der Waals surface area contributed by atoms with Crippen LogP contribution >= 0.6 is 0 Å². The Morgan fingerprint density at radius 2 is 2.00 bits per heavy atom. The Labute approximate surface area is 125 Å². The standard InChI is InChI=1S/C16H22N2O3/c1-13-3-5-14(6-4-13)17-15(19)11-18-8-2-7-16(12-18)20-9-10-21-16/h3-6H,2,7-12H2,1H3,(H,17,19). The van der Waals surface area contributed by atoms with Crippen LogP contribution in [0.5, 0.6) is 0 Å². The lowest BCUT2D eigenvalue weighted by Crippen LogP contribution is -2.50. The monoisotopic (exact) mass is 290 g/mol. The summed E-state index contributed by atoms with van der Waals surface area (Å²) in [6.07, 6.45) is 1.92. The van der Waals surface area contributed by atoms with Crippen molar-refractivity contribution in [3.05, 3.63) is 29.8 Å². The molecule has 2 aliphatic heterocycles. The van der Waals surface area contributed by atoms with Crippen molar-refractivity contribution in [2.24, 2.45) is 0 Å². The van der Waals surface area contributed by atoms with Gasteiger partial charge in [-0.15, -0.1) is 0 Å². The maximum atomic E-state index is 12.1. The van der Waals surface area contributed by atoms with Crippen LogP contribution in [0.15, 0.2) is 24.3 Å². The SMILES string of the molecule is Cc1ccc(NC(=O)CN2CCCC3(C2)OCCO3)cc1. The molecule has 2 heterocycles. The molecule has 0 atom stereocenters. The number of anilines is 1. The smallest absolute Gasteiger partial charge is 0.238 e. The first-order chi connectivity index (χ1) is 10.2. The number of hydrogen-bond donors (Lipinski definition) is 1. The van der Waals surface area contributed by atoms with Gasteiger partial charge in [0.15, 0.2) is 5.79 Å². The Bertz CT molecular complexity index is 495. The van der Waals surface area contributed by atoms with Crippen LogP contribution in [-0.2, 0) is 14.3 Å². The molecule has 2 saturated heterocycles. The molecule has 1 aromatic carbocycles. The van der Waals surface area contributed by atoms with Crippen LogP contribution in [0.25, 0.3) is 0 Å². The molecule has 21 heavy (non-hydrogen) atoms. The van der Waals surface area contributed by atoms with Gasteiger partial charge in [-0.3, -0.25) is 9.69 Å². The molecule has 1 spiro atoms. The third-order valence-corrected chi connectivity index (χ3v) is 4.01. The molecule has 5 heteroatoms. The van der Waals surface area contributed by atoms with Crippen molar-refractivity contribution in [3.63, 3.8) is 0 Å². The van der Waals surface area contributed by atoms with E-state index in [1.54, 1.807) is 0 Å². The first kappa shape index (κ1) is 14.5. The number of amides is 1. The summed E-state index contributed by atoms with van der Waals surface area (Å²) >= 11 is 0. The minimum absolute atomic E-state index is 0.00824. The fourth-order valence-corrected chi connectivity index (χ4v) is 2.98. The van der Waals surface area contributed by atoms with Crippen molar-refractivity contribution in [3.8, 4) is 0 Å². The van der Waals surface area contributed by atoms with Crippen LogP contribution in [0.1, 0.15) is 18.4 Å². The summed E-state index contributed by atoms with van der Waals surface area (Å²) in [5, 5.41) is 2.93. The highest BCUT2D eigenvalue weighted by molar-refractivity contribution is 5.92. The van der Waals surface area contributed by atoms with E-state index in [1.165, 1.54) is 5.56 Å². The van der Waals surface area contributed by atoms with Gasteiger partial charge in [0.2, 0.25) is 5.91 Å². The van der Waals surface area contributed by atoms with Gasteiger partial charge in [0.1, 0.15) is 0 Å². The number of likely N-dealkylation sites (tertiary alicyclic amines) is 1. The highest BCUT2D eigenvalue weighted by Gasteiger charge is 2.40. The third kappa shape index (κ3) is 3.61. The van der Waals surface area contributed by atoms with Crippen LogP contribution in [0.4, 0.5) is 5.69 Å². The van der Waals surface area contributed by atoms with E-state index >= 15 is 0 Å². The second-order valence-corrected chi connectivity index (χ2v) is 5.84. The van der Waals surface area contributed by atoms with E-state index in [1.807, 2.05) is 31.2 Å². The minimum atomic E-state index is -0.470. The lowest BCUT2D eigenvalue weighted by atomic mass is 10.0. The number of carbonyl (C=O) groups is 1. The molecule has 0 saturated carbocycles. The van der Waals surface area contributed by atoms with Gasteiger partial charge in [0, 0.05) is 12.1 Å². The van der Waals surface area contributed by atoms with Gasteiger partial charge < -0.3 is 14.8 Å². The number of benzene rings is 1. The number of hydrogen-bond acceptors (Lipinski definition) is 4. The summed E-state index contributed by atoms with van der Waals surface area (Å²) in [5.41, 5.74) is 2.02. The molecule has 2 aliphatic rings. The summed E-state index contributed by atoms with van der Waals surface area (Å²) in [6, 6.07) is 7.83. The quantitative estimate of drug-likeness (QED) is 0.922. The van der Waals surface area contributed by atoms with E-state index in [2.05, 4.69) is 10.2 Å². The number of aryl methyl sites for hydroxylation is 1. The molecular formula is C16H22N2O3. The number of nitrogens with one attached hydrogen (secondary N) is 1. The Balaban J connectivity index is 1.53. The van der Waals surface area contributed by atoms with Gasteiger partial charge >= 0.3 is 0 Å². The zero-order chi connectivity index (χ0) is 14.7. The molecule has 0 aliphatic carbocycles. The predicted molar refractivity (Wildman–Crippen MR) is 80.1 cm³/mol. The van der Waals surface area contributed by atoms with Crippen molar-refractivity contribution in [1.82, 2.24) is 4.90 Å². The molecular weight excluding hydrogens is 268 g/mol. The van der Waals surface area contributed by atoms with E-state index in [9.17, 15) is 4.79 Å². The molecule has 0 unspecified atom stereocenters. The summed E-state index contributed by atoms with van der Waals surface area (Å²) < 4.78 is 11.5. The van der Waals surface area contributed by atoms with Crippen LogP contribution in [0.2, 0.25) is 0 Å². The van der Waals surface area contributed by atoms with Gasteiger partial charge in [-0.25, -0.2) is 0 Å². The third-order valence-electron chi connectivity index (χ3n) is 4.01. The maximum absolute atomic E-state index is 12.1. The Morgan fingerprint density at radius 3 is 2.71 bits per heavy atom. The lowest BCUT2D eigenvalue weighted by Gasteiger charge is -2.38. The van der Waals surface area contributed by atoms with Gasteiger partial charge in [-0.2, -0.15) is 0 Å². The molecule has 3 rings (SSSR count). The molecule has 0 aromatic heterocycles. The zero-order valence-electron chi connectivity index (χ0n) is 12.4. The second kappa shape index (κ2) is 6.13. The average Bonchev–Trinajstić information content (AvgIpc) is 2.89. The Morgan fingerprint density at radius 1 is 1.29 bits per heavy atom. The van der Waals surface area contributed by atoms with Crippen LogP contribution in [0, 0.1) is 6.92 Å². The fourth-order valence-electron chi connectivity index (χ4n) is 2.98. The Hall–Kier alpha value is -1.43. The number of nitrogens with zero attached hydrogens (tertiary/aromatic N) is 1. The number of ether oxygens (including phenoxy) is 2. The van der Waals surface area contributed by atoms with E-state index in [4.69, 9.17) is 9.47 Å². The lowest BCUT2D eigenvalue weighted by molar-refractivity contribution is -0.189. The normalized spacial score (nSPS) is 21.6. The van der Waals surface area contributed by atoms with Gasteiger partial charge in [-0.1, -0.05) is 17.7 Å². The molecule has 5 nitrogen and oxygen atoms in total. The van der Waals surface area contributed by atoms with Crippen LogP contribution < -0.4 is 5.32 Å². The van der Waals surface area contributed by atoms with Crippen molar-refractivity contribution in [2.45, 2.75) is 25.6 Å². The van der Waals surface area contributed by atoms with Crippen LogP contribution in [-0.4, -0.2) is 49.4 Å². The van der Waals surface area contributed by atoms with E-state index in [0.717, 1.165) is 25.1 Å². The summed E-state index contributed by atoms with van der Waals surface area (Å²) in [7, 11) is 0. The van der Waals surface area contributed by atoms with Crippen molar-refractivity contribution >= 4 is 11.6 Å². The number of carbonyl (C=O) groups excluding carboxylic acids is 1. The zero-order valence-corrected chi connectivity index (χ0v) is 12.4. The highest BCUT2D eigenvalue weighted by Crippen LogP contribution is 2.29. The molecule has 0 bridgehead atoms. The topological polar surface area (TPSA) is 50.8 Å². The van der Waals surface area contributed by atoms with Crippen molar-refractivity contribution in [1.29, 1.82) is 0 Å². The van der Waals surface area contributed by atoms with E-state index in [0.29, 0.717) is 26.3 Å². The molecule has 1 amide bonds.